The Balaban J connectivity index is 1.91. The molecule has 0 spiro atoms. The quantitative estimate of drug-likeness (QED) is 0.457. The van der Waals surface area contributed by atoms with Crippen LogP contribution in [0.2, 0.25) is 0 Å². The fourth-order valence-corrected chi connectivity index (χ4v) is 4.51. The molecule has 0 bridgehead atoms. The summed E-state index contributed by atoms with van der Waals surface area (Å²) >= 11 is 1.57. The summed E-state index contributed by atoms with van der Waals surface area (Å²) in [5, 5.41) is 9.41. The molecule has 3 rings (SSSR count). The Morgan fingerprint density at radius 3 is 2.79 bits per heavy atom. The number of carbonyl (C=O) groups is 1. The summed E-state index contributed by atoms with van der Waals surface area (Å²) in [4.78, 5) is 18.4. The third kappa shape index (κ3) is 4.96. The molecule has 0 N–H and O–H groups in total. The highest BCUT2D eigenvalue weighted by atomic mass is 32.1. The van der Waals surface area contributed by atoms with Crippen molar-refractivity contribution in [2.75, 3.05) is 19.8 Å². The van der Waals surface area contributed by atoms with E-state index in [1.165, 1.54) is 4.88 Å². The van der Waals surface area contributed by atoms with Crippen LogP contribution in [0.4, 0.5) is 5.00 Å². The maximum Gasteiger partial charge on any atom is 0.341 e. The second-order valence-corrected chi connectivity index (χ2v) is 7.54. The van der Waals surface area contributed by atoms with Gasteiger partial charge in [0.15, 0.2) is 18.1 Å². The van der Waals surface area contributed by atoms with Crippen molar-refractivity contribution in [1.82, 2.24) is 0 Å². The number of nitrogens with zero attached hydrogens (tertiary/aromatic N) is 2. The molecule has 1 aliphatic rings. The highest BCUT2D eigenvalue weighted by Gasteiger charge is 2.26. The van der Waals surface area contributed by atoms with Crippen LogP contribution < -0.4 is 9.47 Å². The topological polar surface area (TPSA) is 80.9 Å². The fraction of sp³-hybridized carbons (Fsp3) is 0.409. The van der Waals surface area contributed by atoms with Gasteiger partial charge in [0.1, 0.15) is 11.1 Å². The van der Waals surface area contributed by atoms with E-state index in [2.05, 4.69) is 4.99 Å². The largest absolute Gasteiger partial charge is 0.490 e. The van der Waals surface area contributed by atoms with Crippen molar-refractivity contribution in [2.24, 2.45) is 4.99 Å². The predicted octanol–water partition coefficient (Wildman–Crippen LogP) is 4.86. The minimum atomic E-state index is -0.297. The molecule has 1 aliphatic carbocycles. The lowest BCUT2D eigenvalue weighted by Crippen LogP contribution is -2.09. The standard InChI is InChI=1S/C22H24N2O4S/c1-3-26-18-13-15(9-10-17(18)28-12-11-23)14-24-21-20(22(25)27-4-2)16-7-5-6-8-19(16)29-21/h9-10,13-14H,3-8,12H2,1-2H3/b24-14+. The lowest BCUT2D eigenvalue weighted by atomic mass is 9.95. The summed E-state index contributed by atoms with van der Waals surface area (Å²) in [6.07, 6.45) is 5.83. The summed E-state index contributed by atoms with van der Waals surface area (Å²) in [6, 6.07) is 7.37. The van der Waals surface area contributed by atoms with Gasteiger partial charge in [-0.15, -0.1) is 11.3 Å². The Labute approximate surface area is 174 Å². The summed E-state index contributed by atoms with van der Waals surface area (Å²) in [7, 11) is 0. The van der Waals surface area contributed by atoms with Gasteiger partial charge in [-0.3, -0.25) is 0 Å². The number of ether oxygens (including phenoxy) is 3. The minimum Gasteiger partial charge on any atom is -0.490 e. The molecular weight excluding hydrogens is 388 g/mol. The number of nitriles is 1. The number of fused-ring (bicyclic) bond motifs is 1. The first-order chi connectivity index (χ1) is 14.2. The van der Waals surface area contributed by atoms with Crippen LogP contribution in [-0.2, 0) is 17.6 Å². The molecule has 6 nitrogen and oxygen atoms in total. The average molecular weight is 413 g/mol. The van der Waals surface area contributed by atoms with E-state index in [4.69, 9.17) is 19.5 Å². The lowest BCUT2D eigenvalue weighted by Gasteiger charge is -2.11. The van der Waals surface area contributed by atoms with E-state index in [0.717, 1.165) is 36.8 Å². The molecule has 0 amide bonds. The lowest BCUT2D eigenvalue weighted by molar-refractivity contribution is 0.0526. The fourth-order valence-electron chi connectivity index (χ4n) is 3.29. The average Bonchev–Trinajstić information content (AvgIpc) is 3.10. The van der Waals surface area contributed by atoms with Crippen molar-refractivity contribution < 1.29 is 19.0 Å². The Kier molecular flexibility index (Phi) is 7.25. The molecule has 2 aromatic rings. The van der Waals surface area contributed by atoms with E-state index < -0.39 is 0 Å². The Morgan fingerprint density at radius 2 is 2.03 bits per heavy atom. The molecule has 0 aliphatic heterocycles. The van der Waals surface area contributed by atoms with E-state index in [1.807, 2.05) is 32.0 Å². The van der Waals surface area contributed by atoms with Crippen LogP contribution in [0.3, 0.4) is 0 Å². The van der Waals surface area contributed by atoms with E-state index in [-0.39, 0.29) is 12.6 Å². The smallest absolute Gasteiger partial charge is 0.341 e. The van der Waals surface area contributed by atoms with Crippen LogP contribution in [0.1, 0.15) is 53.1 Å². The van der Waals surface area contributed by atoms with Gasteiger partial charge < -0.3 is 14.2 Å². The predicted molar refractivity (Wildman–Crippen MR) is 113 cm³/mol. The molecule has 0 fully saturated rings. The first kappa shape index (κ1) is 20.9. The zero-order chi connectivity index (χ0) is 20.6. The minimum absolute atomic E-state index is 0.0445. The molecule has 0 unspecified atom stereocenters. The Morgan fingerprint density at radius 1 is 1.21 bits per heavy atom. The summed E-state index contributed by atoms with van der Waals surface area (Å²) in [5.41, 5.74) is 2.53. The number of rotatable bonds is 8. The number of aryl methyl sites for hydroxylation is 1. The second kappa shape index (κ2) is 10.1. The monoisotopic (exact) mass is 412 g/mol. The maximum absolute atomic E-state index is 12.5. The van der Waals surface area contributed by atoms with Crippen LogP contribution in [0.5, 0.6) is 11.5 Å². The van der Waals surface area contributed by atoms with Gasteiger partial charge in [-0.25, -0.2) is 9.79 Å². The maximum atomic E-state index is 12.5. The van der Waals surface area contributed by atoms with Crippen LogP contribution in [-0.4, -0.2) is 32.0 Å². The van der Waals surface area contributed by atoms with Gasteiger partial charge in [-0.1, -0.05) is 0 Å². The Bertz CT molecular complexity index is 943. The van der Waals surface area contributed by atoms with Crippen molar-refractivity contribution in [3.63, 3.8) is 0 Å². The molecule has 0 atom stereocenters. The normalized spacial score (nSPS) is 13.0. The molecule has 0 saturated carbocycles. The van der Waals surface area contributed by atoms with Gasteiger partial charge in [0.05, 0.1) is 18.8 Å². The molecule has 7 heteroatoms. The van der Waals surface area contributed by atoms with E-state index in [9.17, 15) is 4.79 Å². The summed E-state index contributed by atoms with van der Waals surface area (Å²) < 4.78 is 16.3. The SMILES string of the molecule is CCOC(=O)c1c(/N=C/c2ccc(OCC#N)c(OCC)c2)sc2c1CCCC2. The van der Waals surface area contributed by atoms with Crippen molar-refractivity contribution in [3.8, 4) is 17.6 Å². The van der Waals surface area contributed by atoms with Crippen molar-refractivity contribution in [2.45, 2.75) is 39.5 Å². The van der Waals surface area contributed by atoms with Crippen molar-refractivity contribution >= 4 is 28.5 Å². The highest BCUT2D eigenvalue weighted by Crippen LogP contribution is 2.40. The number of benzene rings is 1. The van der Waals surface area contributed by atoms with Gasteiger partial charge in [0.2, 0.25) is 0 Å². The number of esters is 1. The first-order valence-corrected chi connectivity index (χ1v) is 10.6. The summed E-state index contributed by atoms with van der Waals surface area (Å²) in [6.45, 7) is 4.47. The molecule has 152 valence electrons. The van der Waals surface area contributed by atoms with Gasteiger partial charge in [0, 0.05) is 11.1 Å². The second-order valence-electron chi connectivity index (χ2n) is 6.46. The van der Waals surface area contributed by atoms with E-state index >= 15 is 0 Å². The van der Waals surface area contributed by atoms with Gasteiger partial charge >= 0.3 is 5.97 Å². The highest BCUT2D eigenvalue weighted by molar-refractivity contribution is 7.16. The number of aliphatic imine (C=N–C) groups is 1. The van der Waals surface area contributed by atoms with Gasteiger partial charge in [-0.05, 0) is 68.9 Å². The van der Waals surface area contributed by atoms with Crippen LogP contribution in [0.25, 0.3) is 0 Å². The number of carbonyl (C=O) groups excluding carboxylic acids is 1. The van der Waals surface area contributed by atoms with Crippen molar-refractivity contribution in [3.05, 3.63) is 39.8 Å². The zero-order valence-electron chi connectivity index (χ0n) is 16.7. The van der Waals surface area contributed by atoms with Crippen LogP contribution in [0.15, 0.2) is 23.2 Å². The van der Waals surface area contributed by atoms with E-state index in [1.54, 1.807) is 23.6 Å². The van der Waals surface area contributed by atoms with Crippen molar-refractivity contribution in [1.29, 1.82) is 5.26 Å². The molecule has 1 heterocycles. The third-order valence-electron chi connectivity index (χ3n) is 4.52. The summed E-state index contributed by atoms with van der Waals surface area (Å²) in [5.74, 6) is 0.779. The zero-order valence-corrected chi connectivity index (χ0v) is 17.5. The van der Waals surface area contributed by atoms with Gasteiger partial charge in [0.25, 0.3) is 0 Å². The van der Waals surface area contributed by atoms with Crippen LogP contribution in [0, 0.1) is 11.3 Å². The van der Waals surface area contributed by atoms with Crippen LogP contribution >= 0.6 is 11.3 Å². The van der Waals surface area contributed by atoms with E-state index in [0.29, 0.717) is 35.3 Å². The Hall–Kier alpha value is -2.85. The third-order valence-corrected chi connectivity index (χ3v) is 5.72. The molecule has 0 saturated heterocycles. The molecule has 1 aromatic carbocycles. The van der Waals surface area contributed by atoms with Gasteiger partial charge in [-0.2, -0.15) is 5.26 Å². The molecule has 0 radical (unpaired) electrons. The molecule has 29 heavy (non-hydrogen) atoms. The first-order valence-electron chi connectivity index (χ1n) is 9.80. The number of hydrogen-bond acceptors (Lipinski definition) is 7. The number of hydrogen-bond donors (Lipinski definition) is 0. The number of thiophene rings is 1. The molecule has 1 aromatic heterocycles. The molecular formula is C22H24N2O4S.